The molecule has 4 fully saturated rings. The van der Waals surface area contributed by atoms with E-state index in [1.54, 1.807) is 4.90 Å². The fourth-order valence-electron chi connectivity index (χ4n) is 7.85. The minimum Gasteiger partial charge on any atom is -0.394 e. The van der Waals surface area contributed by atoms with Crippen LogP contribution in [0.5, 0.6) is 0 Å². The van der Waals surface area contributed by atoms with Crippen LogP contribution in [0.2, 0.25) is 0 Å². The molecule has 2 aromatic rings. The summed E-state index contributed by atoms with van der Waals surface area (Å²) in [6.07, 6.45) is 6.20. The van der Waals surface area contributed by atoms with Gasteiger partial charge in [-0.15, -0.1) is 0 Å². The number of fused-ring (bicyclic) bond motifs is 1. The average molecular weight is 546 g/mol. The van der Waals surface area contributed by atoms with Gasteiger partial charge in [-0.05, 0) is 43.7 Å². The Hall–Kier alpha value is -3.23. The summed E-state index contributed by atoms with van der Waals surface area (Å²) >= 11 is 0. The molecule has 0 radical (unpaired) electrons. The van der Waals surface area contributed by atoms with Crippen molar-refractivity contribution in [1.82, 2.24) is 15.5 Å². The topological polar surface area (TPSA) is 108 Å². The normalized spacial score (nSPS) is 32.1. The van der Waals surface area contributed by atoms with Crippen molar-refractivity contribution in [3.05, 3.63) is 71.8 Å². The van der Waals surface area contributed by atoms with Crippen molar-refractivity contribution in [2.75, 3.05) is 6.61 Å². The molecule has 2 unspecified atom stereocenters. The average Bonchev–Trinajstić information content (AvgIpc) is 3.55. The first-order valence-electron chi connectivity index (χ1n) is 14.7. The number of nitrogens with zero attached hydrogens (tertiary/aromatic N) is 1. The van der Waals surface area contributed by atoms with Crippen molar-refractivity contribution in [3.8, 4) is 0 Å². The van der Waals surface area contributed by atoms with Crippen LogP contribution in [0.4, 0.5) is 0 Å². The highest BCUT2D eigenvalue weighted by atomic mass is 16.5. The first-order chi connectivity index (χ1) is 19.4. The Morgan fingerprint density at radius 3 is 2.35 bits per heavy atom. The van der Waals surface area contributed by atoms with Gasteiger partial charge in [0.15, 0.2) is 0 Å². The van der Waals surface area contributed by atoms with E-state index in [0.717, 1.165) is 43.2 Å². The maximum Gasteiger partial charge on any atom is 0.246 e. The summed E-state index contributed by atoms with van der Waals surface area (Å²) in [7, 11) is 0. The maximum absolute atomic E-state index is 14.5. The number of carbonyl (C=O) groups is 3. The van der Waals surface area contributed by atoms with Crippen molar-refractivity contribution >= 4 is 17.7 Å². The molecule has 212 valence electrons. The van der Waals surface area contributed by atoms with Gasteiger partial charge in [-0.2, -0.15) is 0 Å². The number of hydrogen-bond acceptors (Lipinski definition) is 5. The summed E-state index contributed by atoms with van der Waals surface area (Å²) in [6.45, 7) is 1.91. The molecule has 40 heavy (non-hydrogen) atoms. The lowest BCUT2D eigenvalue weighted by Gasteiger charge is -2.38. The van der Waals surface area contributed by atoms with Gasteiger partial charge in [-0.3, -0.25) is 14.4 Å². The maximum atomic E-state index is 14.5. The Morgan fingerprint density at radius 1 is 1.00 bits per heavy atom. The van der Waals surface area contributed by atoms with E-state index in [1.807, 2.05) is 67.6 Å². The van der Waals surface area contributed by atoms with Gasteiger partial charge in [0.05, 0.1) is 30.1 Å². The van der Waals surface area contributed by atoms with Crippen LogP contribution >= 0.6 is 0 Å². The predicted molar refractivity (Wildman–Crippen MR) is 149 cm³/mol. The van der Waals surface area contributed by atoms with E-state index in [-0.39, 0.29) is 30.4 Å². The molecule has 3 heterocycles. The van der Waals surface area contributed by atoms with Crippen molar-refractivity contribution in [1.29, 1.82) is 0 Å². The summed E-state index contributed by atoms with van der Waals surface area (Å²) in [6, 6.07) is 17.4. The van der Waals surface area contributed by atoms with Crippen molar-refractivity contribution in [2.45, 2.75) is 87.7 Å². The second kappa shape index (κ2) is 10.6. The molecular weight excluding hydrogens is 506 g/mol. The summed E-state index contributed by atoms with van der Waals surface area (Å²) in [5, 5.41) is 16.9. The third kappa shape index (κ3) is 4.41. The van der Waals surface area contributed by atoms with Gasteiger partial charge >= 0.3 is 0 Å². The van der Waals surface area contributed by atoms with Crippen LogP contribution in [-0.2, 0) is 25.7 Å². The summed E-state index contributed by atoms with van der Waals surface area (Å²) in [4.78, 5) is 44.0. The van der Waals surface area contributed by atoms with Crippen LogP contribution in [0.15, 0.2) is 60.7 Å². The second-order valence-corrected chi connectivity index (χ2v) is 12.1. The molecule has 3 amide bonds. The van der Waals surface area contributed by atoms with E-state index in [1.165, 1.54) is 0 Å². The quantitative estimate of drug-likeness (QED) is 0.472. The smallest absolute Gasteiger partial charge is 0.246 e. The first kappa shape index (κ1) is 27.0. The standard InChI is InChI=1S/C32H39N3O5/c1-31-17-18-32(40-31)26(25(31)28(37)33-19-21-11-5-2-6-12-21)30(39)35(24(20-36)22-13-7-3-8-14-22)27(32)29(38)34-23-15-9-4-10-16-23/h2-3,5-8,11-14,23-27,36H,4,9-10,15-20H2,1H3,(H,33,37)(H,34,38)/t24-,25+,26+,27?,31-,32?/m1/s1. The third-order valence-corrected chi connectivity index (χ3v) is 9.70. The van der Waals surface area contributed by atoms with Gasteiger partial charge in [-0.25, -0.2) is 0 Å². The highest BCUT2D eigenvalue weighted by Crippen LogP contribution is 2.64. The number of rotatable bonds is 8. The highest BCUT2D eigenvalue weighted by Gasteiger charge is 2.78. The number of aliphatic hydroxyl groups excluding tert-OH is 1. The van der Waals surface area contributed by atoms with Gasteiger partial charge in [0.2, 0.25) is 17.7 Å². The fraction of sp³-hybridized carbons (Fsp3) is 0.531. The molecule has 2 bridgehead atoms. The predicted octanol–water partition coefficient (Wildman–Crippen LogP) is 3.25. The zero-order chi connectivity index (χ0) is 27.9. The molecule has 1 saturated carbocycles. The molecular formula is C32H39N3O5. The lowest BCUT2D eigenvalue weighted by molar-refractivity contribution is -0.150. The molecule has 6 atom stereocenters. The Kier molecular flexibility index (Phi) is 7.17. The zero-order valence-electron chi connectivity index (χ0n) is 23.1. The molecule has 8 nitrogen and oxygen atoms in total. The molecule has 0 aromatic heterocycles. The lowest BCUT2D eigenvalue weighted by atomic mass is 9.66. The number of nitrogens with one attached hydrogen (secondary N) is 2. The van der Waals surface area contributed by atoms with Crippen LogP contribution in [0, 0.1) is 11.8 Å². The van der Waals surface area contributed by atoms with E-state index in [0.29, 0.717) is 19.4 Å². The van der Waals surface area contributed by atoms with Gasteiger partial charge in [-0.1, -0.05) is 79.9 Å². The van der Waals surface area contributed by atoms with Crippen molar-refractivity contribution in [3.63, 3.8) is 0 Å². The number of benzene rings is 2. The number of aliphatic hydroxyl groups is 1. The number of carbonyl (C=O) groups excluding carboxylic acids is 3. The third-order valence-electron chi connectivity index (χ3n) is 9.70. The Morgan fingerprint density at radius 2 is 1.68 bits per heavy atom. The largest absolute Gasteiger partial charge is 0.394 e. The van der Waals surface area contributed by atoms with Gasteiger partial charge in [0, 0.05) is 12.6 Å². The minimum atomic E-state index is -1.12. The monoisotopic (exact) mass is 545 g/mol. The SMILES string of the molecule is C[C@]12CCC3(O1)C(C(=O)NC1CCCCC1)N([C@H](CO)c1ccccc1)C(=O)[C@@H]3[C@H]2C(=O)NCc1ccccc1. The zero-order valence-corrected chi connectivity index (χ0v) is 23.1. The van der Waals surface area contributed by atoms with E-state index >= 15 is 0 Å². The summed E-state index contributed by atoms with van der Waals surface area (Å²) < 4.78 is 6.75. The van der Waals surface area contributed by atoms with Crippen LogP contribution in [0.3, 0.4) is 0 Å². The Bertz CT molecular complexity index is 1250. The Balaban J connectivity index is 1.36. The van der Waals surface area contributed by atoms with E-state index in [4.69, 9.17) is 4.74 Å². The molecule has 2 aromatic carbocycles. The fourth-order valence-corrected chi connectivity index (χ4v) is 7.85. The molecule has 3 N–H and O–H groups in total. The molecule has 1 spiro atoms. The Labute approximate surface area is 235 Å². The molecule has 1 aliphatic carbocycles. The van der Waals surface area contributed by atoms with Crippen LogP contribution < -0.4 is 10.6 Å². The van der Waals surface area contributed by atoms with E-state index < -0.39 is 35.1 Å². The van der Waals surface area contributed by atoms with E-state index in [2.05, 4.69) is 10.6 Å². The molecule has 3 aliphatic heterocycles. The molecule has 6 rings (SSSR count). The lowest BCUT2D eigenvalue weighted by Crippen LogP contribution is -2.57. The number of amides is 3. The van der Waals surface area contributed by atoms with Crippen LogP contribution in [0.25, 0.3) is 0 Å². The van der Waals surface area contributed by atoms with Crippen molar-refractivity contribution < 1.29 is 24.2 Å². The molecule has 3 saturated heterocycles. The number of likely N-dealkylation sites (tertiary alicyclic amines) is 1. The number of ether oxygens (including phenoxy) is 1. The highest BCUT2D eigenvalue weighted by molar-refractivity contribution is 5.99. The van der Waals surface area contributed by atoms with Gasteiger partial charge in [0.1, 0.15) is 11.6 Å². The van der Waals surface area contributed by atoms with Gasteiger partial charge in [0.25, 0.3) is 0 Å². The summed E-state index contributed by atoms with van der Waals surface area (Å²) in [5.74, 6) is -2.31. The van der Waals surface area contributed by atoms with E-state index in [9.17, 15) is 19.5 Å². The van der Waals surface area contributed by atoms with Crippen molar-refractivity contribution in [2.24, 2.45) is 11.8 Å². The van der Waals surface area contributed by atoms with Crippen LogP contribution in [0.1, 0.15) is 69.0 Å². The minimum absolute atomic E-state index is 0.0529. The summed E-state index contributed by atoms with van der Waals surface area (Å²) in [5.41, 5.74) is -0.260. The van der Waals surface area contributed by atoms with Gasteiger partial charge < -0.3 is 25.4 Å². The first-order valence-corrected chi connectivity index (χ1v) is 14.7. The second-order valence-electron chi connectivity index (χ2n) is 12.1. The van der Waals surface area contributed by atoms with Crippen LogP contribution in [-0.4, -0.2) is 57.6 Å². The molecule has 8 heteroatoms. The number of hydrogen-bond donors (Lipinski definition) is 3. The molecule has 4 aliphatic rings.